The number of rotatable bonds is 4. The Labute approximate surface area is 83.3 Å². The zero-order valence-corrected chi connectivity index (χ0v) is 8.12. The molecule has 1 aliphatic carbocycles. The molecule has 2 nitrogen and oxygen atoms in total. The van der Waals surface area contributed by atoms with Crippen molar-refractivity contribution in [2.75, 3.05) is 6.54 Å². The second-order valence-corrected chi connectivity index (χ2v) is 4.05. The maximum Gasteiger partial charge on any atom is 0.130 e. The highest BCUT2D eigenvalue weighted by Crippen LogP contribution is 2.43. The Morgan fingerprint density at radius 2 is 2.07 bits per heavy atom. The molecule has 0 aliphatic heterocycles. The maximum absolute atomic E-state index is 14.2. The van der Waals surface area contributed by atoms with E-state index in [0.29, 0.717) is 6.42 Å². The normalized spacial score (nSPS) is 20.4. The number of pyridine rings is 1. The highest BCUT2D eigenvalue weighted by molar-refractivity contribution is 5.15. The number of hydrogen-bond donors (Lipinski definition) is 1. The van der Waals surface area contributed by atoms with E-state index >= 15 is 0 Å². The van der Waals surface area contributed by atoms with Gasteiger partial charge in [-0.3, -0.25) is 4.98 Å². The fourth-order valence-corrected chi connectivity index (χ4v) is 1.82. The molecule has 1 aromatic rings. The number of halogens is 1. The molecule has 2 N–H and O–H groups in total. The van der Waals surface area contributed by atoms with Crippen LogP contribution in [0.25, 0.3) is 0 Å². The number of nitrogens with two attached hydrogens (primary N) is 1. The summed E-state index contributed by atoms with van der Waals surface area (Å²) in [5.74, 6) is 0.181. The van der Waals surface area contributed by atoms with E-state index in [-0.39, 0.29) is 12.5 Å². The molecule has 0 radical (unpaired) electrons. The van der Waals surface area contributed by atoms with E-state index < -0.39 is 5.67 Å². The van der Waals surface area contributed by atoms with Crippen LogP contribution in [0.2, 0.25) is 0 Å². The lowest BCUT2D eigenvalue weighted by Gasteiger charge is -2.23. The molecule has 2 rings (SSSR count). The van der Waals surface area contributed by atoms with Gasteiger partial charge in [0.05, 0.1) is 0 Å². The van der Waals surface area contributed by atoms with E-state index in [0.717, 1.165) is 18.4 Å². The Kier molecular flexibility index (Phi) is 2.50. The van der Waals surface area contributed by atoms with Crippen molar-refractivity contribution in [3.63, 3.8) is 0 Å². The van der Waals surface area contributed by atoms with Crippen molar-refractivity contribution in [1.82, 2.24) is 4.98 Å². The van der Waals surface area contributed by atoms with E-state index in [2.05, 4.69) is 4.98 Å². The van der Waals surface area contributed by atoms with Crippen LogP contribution in [-0.2, 0) is 6.42 Å². The van der Waals surface area contributed by atoms with Crippen molar-refractivity contribution >= 4 is 0 Å². The first kappa shape index (κ1) is 9.59. The lowest BCUT2D eigenvalue weighted by molar-refractivity contribution is 0.142. The smallest absolute Gasteiger partial charge is 0.130 e. The molecule has 0 aromatic carbocycles. The van der Waals surface area contributed by atoms with Gasteiger partial charge in [0.15, 0.2) is 0 Å². The summed E-state index contributed by atoms with van der Waals surface area (Å²) in [6.07, 6.45) is 5.78. The van der Waals surface area contributed by atoms with E-state index in [1.165, 1.54) is 0 Å². The van der Waals surface area contributed by atoms with Crippen LogP contribution in [0.5, 0.6) is 0 Å². The van der Waals surface area contributed by atoms with Gasteiger partial charge in [-0.05, 0) is 36.5 Å². The summed E-state index contributed by atoms with van der Waals surface area (Å²) in [7, 11) is 0. The van der Waals surface area contributed by atoms with Crippen molar-refractivity contribution < 1.29 is 4.39 Å². The van der Waals surface area contributed by atoms with Crippen LogP contribution in [0.3, 0.4) is 0 Å². The fourth-order valence-electron chi connectivity index (χ4n) is 1.82. The van der Waals surface area contributed by atoms with Crippen LogP contribution in [0.15, 0.2) is 24.5 Å². The summed E-state index contributed by atoms with van der Waals surface area (Å²) in [4.78, 5) is 3.91. The Balaban J connectivity index is 2.08. The van der Waals surface area contributed by atoms with Gasteiger partial charge in [0.1, 0.15) is 5.67 Å². The third kappa shape index (κ3) is 1.93. The van der Waals surface area contributed by atoms with Crippen LogP contribution in [0, 0.1) is 5.92 Å². The number of nitrogens with zero attached hydrogens (tertiary/aromatic N) is 1. The molecule has 76 valence electrons. The predicted octanol–water partition coefficient (Wildman–Crippen LogP) is 1.70. The van der Waals surface area contributed by atoms with Crippen molar-refractivity contribution in [3.8, 4) is 0 Å². The van der Waals surface area contributed by atoms with Crippen LogP contribution < -0.4 is 5.73 Å². The van der Waals surface area contributed by atoms with Gasteiger partial charge in [0, 0.05) is 25.4 Å². The average molecular weight is 194 g/mol. The van der Waals surface area contributed by atoms with Crippen LogP contribution in [0.1, 0.15) is 18.4 Å². The lowest BCUT2D eigenvalue weighted by atomic mass is 9.92. The van der Waals surface area contributed by atoms with Crippen LogP contribution in [0.4, 0.5) is 4.39 Å². The summed E-state index contributed by atoms with van der Waals surface area (Å²) in [5.41, 5.74) is 5.30. The minimum absolute atomic E-state index is 0.125. The molecule has 1 saturated carbocycles. The molecule has 1 heterocycles. The van der Waals surface area contributed by atoms with E-state index in [9.17, 15) is 4.39 Å². The van der Waals surface area contributed by atoms with Crippen molar-refractivity contribution in [2.24, 2.45) is 11.7 Å². The molecular weight excluding hydrogens is 179 g/mol. The molecule has 14 heavy (non-hydrogen) atoms. The van der Waals surface area contributed by atoms with Gasteiger partial charge in [-0.1, -0.05) is 0 Å². The van der Waals surface area contributed by atoms with Crippen molar-refractivity contribution in [1.29, 1.82) is 0 Å². The highest BCUT2D eigenvalue weighted by atomic mass is 19.1. The second kappa shape index (κ2) is 3.65. The van der Waals surface area contributed by atoms with Gasteiger partial charge in [-0.25, -0.2) is 4.39 Å². The van der Waals surface area contributed by atoms with Gasteiger partial charge in [0.25, 0.3) is 0 Å². The predicted molar refractivity (Wildman–Crippen MR) is 53.6 cm³/mol. The van der Waals surface area contributed by atoms with Gasteiger partial charge in [-0.2, -0.15) is 0 Å². The first-order chi connectivity index (χ1) is 6.74. The molecule has 1 unspecified atom stereocenters. The molecule has 0 saturated heterocycles. The average Bonchev–Trinajstić information content (AvgIpc) is 3.03. The number of hydrogen-bond acceptors (Lipinski definition) is 2. The molecule has 1 aliphatic rings. The Morgan fingerprint density at radius 3 is 2.57 bits per heavy atom. The maximum atomic E-state index is 14.2. The summed E-state index contributed by atoms with van der Waals surface area (Å²) >= 11 is 0. The zero-order valence-electron chi connectivity index (χ0n) is 8.12. The third-order valence-corrected chi connectivity index (χ3v) is 2.90. The number of aromatic nitrogens is 1. The summed E-state index contributed by atoms with van der Waals surface area (Å²) in [6, 6.07) is 3.71. The largest absolute Gasteiger partial charge is 0.328 e. The van der Waals surface area contributed by atoms with Crippen molar-refractivity contribution in [2.45, 2.75) is 24.9 Å². The molecule has 1 aromatic heterocycles. The molecule has 1 atom stereocenters. The Morgan fingerprint density at radius 1 is 1.43 bits per heavy atom. The first-order valence-corrected chi connectivity index (χ1v) is 5.02. The highest BCUT2D eigenvalue weighted by Gasteiger charge is 2.44. The van der Waals surface area contributed by atoms with Gasteiger partial charge in [-0.15, -0.1) is 0 Å². The monoisotopic (exact) mass is 194 g/mol. The minimum Gasteiger partial charge on any atom is -0.328 e. The number of alkyl halides is 1. The van der Waals surface area contributed by atoms with Crippen molar-refractivity contribution in [3.05, 3.63) is 30.1 Å². The SMILES string of the molecule is NCC(F)(Cc1ccncc1)C1CC1. The molecule has 3 heteroatoms. The van der Waals surface area contributed by atoms with Gasteiger partial charge in [0.2, 0.25) is 0 Å². The Bertz CT molecular complexity index is 297. The summed E-state index contributed by atoms with van der Waals surface area (Å²) < 4.78 is 14.2. The standard InChI is InChI=1S/C11H15FN2/c12-11(8-13,10-1-2-10)7-9-3-5-14-6-4-9/h3-6,10H,1-2,7-8,13H2. The molecule has 1 fully saturated rings. The molecular formula is C11H15FN2. The Hall–Kier alpha value is -0.960. The molecule has 0 bridgehead atoms. The fraction of sp³-hybridized carbons (Fsp3) is 0.545. The molecule has 0 spiro atoms. The first-order valence-electron chi connectivity index (χ1n) is 5.02. The lowest BCUT2D eigenvalue weighted by Crippen LogP contribution is -2.37. The topological polar surface area (TPSA) is 38.9 Å². The molecule has 0 amide bonds. The van der Waals surface area contributed by atoms with Crippen LogP contribution >= 0.6 is 0 Å². The second-order valence-electron chi connectivity index (χ2n) is 4.05. The van der Waals surface area contributed by atoms with E-state index in [4.69, 9.17) is 5.73 Å². The van der Waals surface area contributed by atoms with Gasteiger partial charge >= 0.3 is 0 Å². The minimum atomic E-state index is -1.19. The van der Waals surface area contributed by atoms with E-state index in [1.807, 2.05) is 12.1 Å². The zero-order chi connectivity index (χ0) is 10.0. The quantitative estimate of drug-likeness (QED) is 0.792. The van der Waals surface area contributed by atoms with E-state index in [1.54, 1.807) is 12.4 Å². The third-order valence-electron chi connectivity index (χ3n) is 2.90. The summed E-state index contributed by atoms with van der Waals surface area (Å²) in [6.45, 7) is 0.125. The summed E-state index contributed by atoms with van der Waals surface area (Å²) in [5, 5.41) is 0. The van der Waals surface area contributed by atoms with Crippen LogP contribution in [-0.4, -0.2) is 17.2 Å². The van der Waals surface area contributed by atoms with Gasteiger partial charge < -0.3 is 5.73 Å².